The normalized spacial score (nSPS) is 10.4. The molecule has 0 aliphatic carbocycles. The van der Waals surface area contributed by atoms with E-state index in [2.05, 4.69) is 22.2 Å². The van der Waals surface area contributed by atoms with Gasteiger partial charge in [0, 0.05) is 11.1 Å². The van der Waals surface area contributed by atoms with Crippen LogP contribution in [0.25, 0.3) is 0 Å². The fourth-order valence-electron chi connectivity index (χ4n) is 1.44. The SMILES string of the molecule is CCc1cnc(CNc2cc([N+](=O)[O-])cc(Cl)n2)s1. The Balaban J connectivity index is 2.08. The van der Waals surface area contributed by atoms with E-state index in [0.29, 0.717) is 12.4 Å². The van der Waals surface area contributed by atoms with Gasteiger partial charge in [-0.3, -0.25) is 10.1 Å². The van der Waals surface area contributed by atoms with E-state index >= 15 is 0 Å². The van der Waals surface area contributed by atoms with Gasteiger partial charge in [0.05, 0.1) is 23.6 Å². The highest BCUT2D eigenvalue weighted by Gasteiger charge is 2.10. The fraction of sp³-hybridized carbons (Fsp3) is 0.273. The van der Waals surface area contributed by atoms with Gasteiger partial charge in [0.15, 0.2) is 0 Å². The standard InChI is InChI=1S/C11H11ClN4O2S/c1-2-8-5-14-11(19-8)6-13-10-4-7(16(17)18)3-9(12)15-10/h3-5H,2,6H2,1H3,(H,13,15). The Morgan fingerprint density at radius 2 is 2.32 bits per heavy atom. The molecule has 0 spiro atoms. The van der Waals surface area contributed by atoms with Crippen LogP contribution in [0.4, 0.5) is 11.5 Å². The maximum Gasteiger partial charge on any atom is 0.276 e. The van der Waals surface area contributed by atoms with Gasteiger partial charge in [-0.25, -0.2) is 9.97 Å². The van der Waals surface area contributed by atoms with Crippen LogP contribution >= 0.6 is 22.9 Å². The third-order valence-corrected chi connectivity index (χ3v) is 3.70. The van der Waals surface area contributed by atoms with Crippen molar-refractivity contribution >= 4 is 34.4 Å². The predicted octanol–water partition coefficient (Wildman–Crippen LogP) is 3.27. The van der Waals surface area contributed by atoms with Gasteiger partial charge in [0.25, 0.3) is 5.69 Å². The monoisotopic (exact) mass is 298 g/mol. The Bertz CT molecular complexity index is 602. The van der Waals surface area contributed by atoms with E-state index in [1.807, 2.05) is 6.20 Å². The lowest BCUT2D eigenvalue weighted by Gasteiger charge is -2.03. The predicted molar refractivity (Wildman–Crippen MR) is 74.7 cm³/mol. The van der Waals surface area contributed by atoms with Crippen LogP contribution in [0.2, 0.25) is 5.15 Å². The molecule has 6 nitrogen and oxygen atoms in total. The molecule has 1 N–H and O–H groups in total. The van der Waals surface area contributed by atoms with Crippen molar-refractivity contribution < 1.29 is 4.92 Å². The van der Waals surface area contributed by atoms with Crippen molar-refractivity contribution in [1.29, 1.82) is 0 Å². The largest absolute Gasteiger partial charge is 0.363 e. The van der Waals surface area contributed by atoms with Crippen LogP contribution < -0.4 is 5.32 Å². The van der Waals surface area contributed by atoms with E-state index < -0.39 is 4.92 Å². The number of aryl methyl sites for hydroxylation is 1. The summed E-state index contributed by atoms with van der Waals surface area (Å²) in [4.78, 5) is 19.6. The summed E-state index contributed by atoms with van der Waals surface area (Å²) >= 11 is 7.33. The molecule has 19 heavy (non-hydrogen) atoms. The number of anilines is 1. The van der Waals surface area contributed by atoms with Crippen LogP contribution in [0.1, 0.15) is 16.8 Å². The van der Waals surface area contributed by atoms with Crippen molar-refractivity contribution in [3.8, 4) is 0 Å². The quantitative estimate of drug-likeness (QED) is 0.520. The number of pyridine rings is 1. The molecule has 0 amide bonds. The molecular weight excluding hydrogens is 288 g/mol. The highest BCUT2D eigenvalue weighted by Crippen LogP contribution is 2.21. The number of halogens is 1. The van der Waals surface area contributed by atoms with Gasteiger partial charge in [0.2, 0.25) is 0 Å². The number of thiazole rings is 1. The van der Waals surface area contributed by atoms with E-state index in [-0.39, 0.29) is 10.8 Å². The minimum Gasteiger partial charge on any atom is -0.363 e. The first-order chi connectivity index (χ1) is 9.08. The molecule has 0 bridgehead atoms. The molecular formula is C11H11ClN4O2S. The van der Waals surface area contributed by atoms with Gasteiger partial charge >= 0.3 is 0 Å². The summed E-state index contributed by atoms with van der Waals surface area (Å²) in [5.74, 6) is 0.368. The Hall–Kier alpha value is -1.73. The number of nitrogens with zero attached hydrogens (tertiary/aromatic N) is 3. The zero-order chi connectivity index (χ0) is 13.8. The number of hydrogen-bond acceptors (Lipinski definition) is 6. The maximum absolute atomic E-state index is 10.7. The van der Waals surface area contributed by atoms with Crippen molar-refractivity contribution in [3.05, 3.63) is 43.5 Å². The summed E-state index contributed by atoms with van der Waals surface area (Å²) in [5, 5.41) is 14.7. The summed E-state index contributed by atoms with van der Waals surface area (Å²) < 4.78 is 0. The summed E-state index contributed by atoms with van der Waals surface area (Å²) in [7, 11) is 0. The van der Waals surface area contributed by atoms with Crippen molar-refractivity contribution in [2.75, 3.05) is 5.32 Å². The summed E-state index contributed by atoms with van der Waals surface area (Å²) in [6.07, 6.45) is 2.77. The van der Waals surface area contributed by atoms with E-state index in [0.717, 1.165) is 11.4 Å². The topological polar surface area (TPSA) is 81.0 Å². The zero-order valence-corrected chi connectivity index (χ0v) is 11.7. The van der Waals surface area contributed by atoms with E-state index in [1.54, 1.807) is 11.3 Å². The molecule has 0 aliphatic rings. The molecule has 2 aromatic rings. The van der Waals surface area contributed by atoms with Crippen LogP contribution in [0.15, 0.2) is 18.3 Å². The average Bonchev–Trinajstić information content (AvgIpc) is 2.83. The first kappa shape index (κ1) is 13.7. The molecule has 8 heteroatoms. The second-order valence-corrected chi connectivity index (χ2v) is 5.30. The first-order valence-corrected chi connectivity index (χ1v) is 6.77. The second-order valence-electron chi connectivity index (χ2n) is 3.72. The van der Waals surface area contributed by atoms with Crippen molar-refractivity contribution in [2.45, 2.75) is 19.9 Å². The maximum atomic E-state index is 10.7. The number of hydrogen-bond donors (Lipinski definition) is 1. The van der Waals surface area contributed by atoms with Crippen molar-refractivity contribution in [3.63, 3.8) is 0 Å². The Morgan fingerprint density at radius 3 is 2.95 bits per heavy atom. The Labute approximate surface area is 118 Å². The molecule has 0 saturated carbocycles. The second kappa shape index (κ2) is 5.94. The number of rotatable bonds is 5. The van der Waals surface area contributed by atoms with Crippen molar-refractivity contribution in [2.24, 2.45) is 0 Å². The van der Waals surface area contributed by atoms with E-state index in [1.165, 1.54) is 17.0 Å². The minimum absolute atomic E-state index is 0.0871. The Kier molecular flexibility index (Phi) is 4.28. The molecule has 0 atom stereocenters. The van der Waals surface area contributed by atoms with Gasteiger partial charge < -0.3 is 5.32 Å². The molecule has 100 valence electrons. The van der Waals surface area contributed by atoms with Crippen LogP contribution in [0.3, 0.4) is 0 Å². The van der Waals surface area contributed by atoms with Crippen LogP contribution in [-0.4, -0.2) is 14.9 Å². The van der Waals surface area contributed by atoms with Crippen LogP contribution in [0.5, 0.6) is 0 Å². The molecule has 2 rings (SSSR count). The lowest BCUT2D eigenvalue weighted by molar-refractivity contribution is -0.384. The summed E-state index contributed by atoms with van der Waals surface area (Å²) in [6, 6.07) is 2.56. The minimum atomic E-state index is -0.503. The molecule has 2 heterocycles. The number of aromatic nitrogens is 2. The van der Waals surface area contributed by atoms with E-state index in [4.69, 9.17) is 11.6 Å². The smallest absolute Gasteiger partial charge is 0.276 e. The molecule has 0 fully saturated rings. The summed E-state index contributed by atoms with van der Waals surface area (Å²) in [5.41, 5.74) is -0.0871. The number of nitro groups is 1. The van der Waals surface area contributed by atoms with Gasteiger partial charge in [0.1, 0.15) is 16.0 Å². The van der Waals surface area contributed by atoms with Crippen LogP contribution in [0, 0.1) is 10.1 Å². The van der Waals surface area contributed by atoms with Gasteiger partial charge in [-0.15, -0.1) is 11.3 Å². The van der Waals surface area contributed by atoms with Crippen molar-refractivity contribution in [1.82, 2.24) is 9.97 Å². The van der Waals surface area contributed by atoms with Crippen LogP contribution in [-0.2, 0) is 13.0 Å². The molecule has 0 saturated heterocycles. The molecule has 0 radical (unpaired) electrons. The highest BCUT2D eigenvalue weighted by molar-refractivity contribution is 7.11. The molecule has 0 unspecified atom stereocenters. The molecule has 0 aromatic carbocycles. The molecule has 0 aliphatic heterocycles. The number of nitrogens with one attached hydrogen (secondary N) is 1. The first-order valence-electron chi connectivity index (χ1n) is 5.58. The zero-order valence-electron chi connectivity index (χ0n) is 10.1. The van der Waals surface area contributed by atoms with Gasteiger partial charge in [-0.05, 0) is 6.42 Å². The summed E-state index contributed by atoms with van der Waals surface area (Å²) in [6.45, 7) is 2.53. The third-order valence-electron chi connectivity index (χ3n) is 2.36. The Morgan fingerprint density at radius 1 is 1.53 bits per heavy atom. The highest BCUT2D eigenvalue weighted by atomic mass is 35.5. The van der Waals surface area contributed by atoms with Gasteiger partial charge in [-0.1, -0.05) is 18.5 Å². The van der Waals surface area contributed by atoms with Gasteiger partial charge in [-0.2, -0.15) is 0 Å². The lowest BCUT2D eigenvalue weighted by Crippen LogP contribution is -2.02. The third kappa shape index (κ3) is 3.62. The molecule has 2 aromatic heterocycles. The lowest BCUT2D eigenvalue weighted by atomic mass is 10.4. The average molecular weight is 299 g/mol. The van der Waals surface area contributed by atoms with E-state index in [9.17, 15) is 10.1 Å². The fourth-order valence-corrected chi connectivity index (χ4v) is 2.44.